The number of aromatic hydroxyl groups is 2. The zero-order valence-corrected chi connectivity index (χ0v) is 25.7. The summed E-state index contributed by atoms with van der Waals surface area (Å²) < 4.78 is 0. The minimum Gasteiger partial charge on any atom is -0.508 e. The Balaban J connectivity index is 0.000000189. The van der Waals surface area contributed by atoms with Crippen LogP contribution in [0.15, 0.2) is 60.7 Å². The van der Waals surface area contributed by atoms with Gasteiger partial charge in [0.25, 0.3) is 0 Å². The van der Waals surface area contributed by atoms with Crippen molar-refractivity contribution in [1.29, 1.82) is 0 Å². The van der Waals surface area contributed by atoms with Crippen molar-refractivity contribution in [2.45, 2.75) is 100 Å². The molecule has 0 spiro atoms. The van der Waals surface area contributed by atoms with Crippen LogP contribution in [0.1, 0.15) is 100 Å². The van der Waals surface area contributed by atoms with Crippen molar-refractivity contribution in [2.75, 3.05) is 0 Å². The molecule has 2 aromatic rings. The van der Waals surface area contributed by atoms with Crippen LogP contribution in [0.3, 0.4) is 0 Å². The predicted octanol–water partition coefficient (Wildman–Crippen LogP) is 10.6. The average molecular weight is 523 g/mol. The summed E-state index contributed by atoms with van der Waals surface area (Å²) in [5.41, 5.74) is 0.500. The molecule has 5 aliphatic rings. The first-order chi connectivity index (χ1) is 18.2. The molecule has 7 rings (SSSR count). The number of phenols is 2. The maximum Gasteiger partial charge on any atom is 0.115 e. The molecule has 8 unspecified atom stereocenters. The van der Waals surface area contributed by atoms with Gasteiger partial charge in [-0.3, -0.25) is 0 Å². The average Bonchev–Trinajstić information content (AvgIpc) is 3.72. The molecule has 2 N–H and O–H groups in total. The van der Waals surface area contributed by atoms with E-state index in [1.165, 1.54) is 47.3 Å². The summed E-state index contributed by atoms with van der Waals surface area (Å²) >= 11 is 0. The van der Waals surface area contributed by atoms with Crippen LogP contribution >= 0.6 is 0 Å². The van der Waals surface area contributed by atoms with E-state index in [0.29, 0.717) is 16.9 Å². The Morgan fingerprint density at radius 1 is 0.526 bits per heavy atom. The van der Waals surface area contributed by atoms with Crippen LogP contribution in [-0.4, -0.2) is 10.2 Å². The SMILES string of the molecule is C1CC2C(C1)C1CC2C2C3CCC(C3)C12.CC.CC.CC(C)(C)C.Oc1ccccc1.Oc1ccccc1. The molecule has 0 amide bonds. The minimum absolute atomic E-state index is 0.322. The number of benzene rings is 2. The summed E-state index contributed by atoms with van der Waals surface area (Å²) in [5.74, 6) is 10.4. The number of fused-ring (bicyclic) bond motifs is 12. The molecule has 5 saturated carbocycles. The molecule has 2 aromatic carbocycles. The second-order valence-electron chi connectivity index (χ2n) is 13.0. The maximum atomic E-state index is 8.63. The summed E-state index contributed by atoms with van der Waals surface area (Å²) in [4.78, 5) is 0. The smallest absolute Gasteiger partial charge is 0.115 e. The topological polar surface area (TPSA) is 40.5 Å². The van der Waals surface area contributed by atoms with Gasteiger partial charge in [0.15, 0.2) is 0 Å². The monoisotopic (exact) mass is 522 g/mol. The number of phenolic OH excluding ortho intramolecular Hbond substituents is 2. The van der Waals surface area contributed by atoms with Crippen LogP contribution in [-0.2, 0) is 0 Å². The highest BCUT2D eigenvalue weighted by Crippen LogP contribution is 2.72. The summed E-state index contributed by atoms with van der Waals surface area (Å²) in [6, 6.07) is 17.4. The fraction of sp³-hybridized carbons (Fsp3) is 0.667. The van der Waals surface area contributed by atoms with Crippen LogP contribution in [0.4, 0.5) is 0 Å². The molecule has 0 aromatic heterocycles. The largest absolute Gasteiger partial charge is 0.508 e. The zero-order valence-electron chi connectivity index (χ0n) is 25.7. The first-order valence-electron chi connectivity index (χ1n) is 15.7. The number of rotatable bonds is 0. The van der Waals surface area contributed by atoms with E-state index in [0.717, 1.165) is 0 Å². The van der Waals surface area contributed by atoms with Crippen molar-refractivity contribution in [3.8, 4) is 11.5 Å². The lowest BCUT2D eigenvalue weighted by Gasteiger charge is -2.40. The van der Waals surface area contributed by atoms with E-state index in [1.807, 2.05) is 39.8 Å². The lowest BCUT2D eigenvalue weighted by atomic mass is 9.64. The molecule has 5 fully saturated rings. The Labute approximate surface area is 235 Å². The third-order valence-corrected chi connectivity index (χ3v) is 8.82. The van der Waals surface area contributed by atoms with Gasteiger partial charge in [-0.05, 0) is 116 Å². The Hall–Kier alpha value is -1.96. The van der Waals surface area contributed by atoms with Gasteiger partial charge < -0.3 is 10.2 Å². The van der Waals surface area contributed by atoms with E-state index < -0.39 is 0 Å². The normalized spacial score (nSPS) is 32.2. The molecule has 4 bridgehead atoms. The first kappa shape index (κ1) is 32.3. The molecule has 214 valence electrons. The van der Waals surface area contributed by atoms with E-state index >= 15 is 0 Å². The molecule has 2 nitrogen and oxygen atoms in total. The second-order valence-corrected chi connectivity index (χ2v) is 13.0. The number of hydrogen-bond acceptors (Lipinski definition) is 2. The Morgan fingerprint density at radius 3 is 1.16 bits per heavy atom. The Kier molecular flexibility index (Phi) is 13.2. The number of hydrogen-bond donors (Lipinski definition) is 2. The Bertz CT molecular complexity index is 800. The quantitative estimate of drug-likeness (QED) is 0.338. The lowest BCUT2D eigenvalue weighted by Crippen LogP contribution is -2.35. The highest BCUT2D eigenvalue weighted by molar-refractivity contribution is 5.19. The van der Waals surface area contributed by atoms with E-state index in [-0.39, 0.29) is 0 Å². The lowest BCUT2D eigenvalue weighted by molar-refractivity contribution is 0.0716. The third-order valence-electron chi connectivity index (χ3n) is 8.82. The Morgan fingerprint density at radius 2 is 0.868 bits per heavy atom. The van der Waals surface area contributed by atoms with Gasteiger partial charge in [0.05, 0.1) is 0 Å². The molecule has 2 heteroatoms. The van der Waals surface area contributed by atoms with Crippen LogP contribution < -0.4 is 0 Å². The minimum atomic E-state index is 0.322. The molecule has 5 aliphatic carbocycles. The molecular weight excluding hydrogens is 464 g/mol. The zero-order chi connectivity index (χ0) is 28.3. The summed E-state index contributed by atoms with van der Waals surface area (Å²) in [6.45, 7) is 16.8. The first-order valence-corrected chi connectivity index (χ1v) is 15.7. The van der Waals surface area contributed by atoms with Gasteiger partial charge in [0, 0.05) is 0 Å². The second kappa shape index (κ2) is 15.6. The van der Waals surface area contributed by atoms with Gasteiger partial charge in [-0.2, -0.15) is 0 Å². The van der Waals surface area contributed by atoms with Crippen LogP contribution in [0.25, 0.3) is 0 Å². The van der Waals surface area contributed by atoms with Crippen molar-refractivity contribution in [3.05, 3.63) is 60.7 Å². The molecule has 0 aliphatic heterocycles. The van der Waals surface area contributed by atoms with Crippen LogP contribution in [0.5, 0.6) is 11.5 Å². The van der Waals surface area contributed by atoms with E-state index in [2.05, 4.69) is 27.7 Å². The molecule has 0 saturated heterocycles. The van der Waals surface area contributed by atoms with Gasteiger partial charge in [-0.15, -0.1) is 0 Å². The third kappa shape index (κ3) is 8.78. The molecule has 38 heavy (non-hydrogen) atoms. The molecule has 0 heterocycles. The summed E-state index contributed by atoms with van der Waals surface area (Å²) in [5, 5.41) is 17.3. The fourth-order valence-electron chi connectivity index (χ4n) is 8.14. The molecule has 0 radical (unpaired) electrons. The van der Waals surface area contributed by atoms with Crippen molar-refractivity contribution < 1.29 is 10.2 Å². The fourth-order valence-corrected chi connectivity index (χ4v) is 8.14. The summed E-state index contributed by atoms with van der Waals surface area (Å²) in [7, 11) is 0. The highest BCUT2D eigenvalue weighted by atomic mass is 16.3. The van der Waals surface area contributed by atoms with Crippen molar-refractivity contribution >= 4 is 0 Å². The van der Waals surface area contributed by atoms with Gasteiger partial charge >= 0.3 is 0 Å². The van der Waals surface area contributed by atoms with E-state index in [9.17, 15) is 0 Å². The predicted molar refractivity (Wildman–Crippen MR) is 164 cm³/mol. The van der Waals surface area contributed by atoms with Crippen LogP contribution in [0, 0.1) is 52.8 Å². The van der Waals surface area contributed by atoms with Crippen molar-refractivity contribution in [3.63, 3.8) is 0 Å². The molecule has 8 atom stereocenters. The van der Waals surface area contributed by atoms with Gasteiger partial charge in [0.2, 0.25) is 0 Å². The highest BCUT2D eigenvalue weighted by Gasteiger charge is 2.65. The van der Waals surface area contributed by atoms with Gasteiger partial charge in [0.1, 0.15) is 11.5 Å². The van der Waals surface area contributed by atoms with Crippen molar-refractivity contribution in [2.24, 2.45) is 52.8 Å². The maximum absolute atomic E-state index is 8.63. The molecular formula is C36H58O2. The van der Waals surface area contributed by atoms with Crippen LogP contribution in [0.2, 0.25) is 0 Å². The van der Waals surface area contributed by atoms with Gasteiger partial charge in [-0.25, -0.2) is 0 Å². The van der Waals surface area contributed by atoms with Gasteiger partial charge in [-0.1, -0.05) is 98.2 Å². The van der Waals surface area contributed by atoms with E-state index in [4.69, 9.17) is 10.2 Å². The summed E-state index contributed by atoms with van der Waals surface area (Å²) in [6.07, 6.45) is 11.4. The van der Waals surface area contributed by atoms with Crippen molar-refractivity contribution in [1.82, 2.24) is 0 Å². The number of para-hydroxylation sites is 2. The standard InChI is InChI=1S/C15H22.2C6H6O.C5H12.2C2H6/c1-2-10-11(3-1)13-7-12(10)14-8-4-5-9(6-8)15(13)14;2*7-6-4-2-1-3-5-6;1-5(2,3)4;2*1-2/h8-15H,1-7H2;2*1-5,7H;1-4H3;2*1-2H3. The van der Waals surface area contributed by atoms with E-state index in [1.54, 1.807) is 93.5 Å².